The normalized spacial score (nSPS) is 9.64. The Labute approximate surface area is 96.5 Å². The fourth-order valence-electron chi connectivity index (χ4n) is 1.08. The van der Waals surface area contributed by atoms with Crippen molar-refractivity contribution in [3.05, 3.63) is 27.3 Å². The highest BCUT2D eigenvalue weighted by atomic mass is 127. The van der Waals surface area contributed by atoms with Gasteiger partial charge in [-0.2, -0.15) is 0 Å². The molecule has 0 saturated heterocycles. The van der Waals surface area contributed by atoms with Crippen LogP contribution in [0.1, 0.15) is 5.56 Å². The fraction of sp³-hybridized carbons (Fsp3) is 0.300. The van der Waals surface area contributed by atoms with Crippen molar-refractivity contribution in [2.45, 2.75) is 6.42 Å². The molecule has 0 N–H and O–H groups in total. The second-order valence-corrected chi connectivity index (χ2v) is 3.77. The van der Waals surface area contributed by atoms with Crippen LogP contribution < -0.4 is 4.74 Å². The number of ether oxygens (including phenoxy) is 2. The first-order chi connectivity index (χ1) is 6.69. The van der Waals surface area contributed by atoms with Crippen molar-refractivity contribution in [2.24, 2.45) is 0 Å². The molecule has 0 fully saturated rings. The summed E-state index contributed by atoms with van der Waals surface area (Å²) in [5, 5.41) is 0. The molecule has 0 aliphatic rings. The summed E-state index contributed by atoms with van der Waals surface area (Å²) in [6.07, 6.45) is 0.284. The largest absolute Gasteiger partial charge is 0.496 e. The lowest BCUT2D eigenvalue weighted by Gasteiger charge is -2.07. The van der Waals surface area contributed by atoms with Crippen molar-refractivity contribution in [2.75, 3.05) is 14.2 Å². The van der Waals surface area contributed by atoms with E-state index in [4.69, 9.17) is 4.74 Å². The van der Waals surface area contributed by atoms with Crippen LogP contribution in [-0.4, -0.2) is 20.2 Å². The van der Waals surface area contributed by atoms with Crippen LogP contribution in [0.2, 0.25) is 0 Å². The van der Waals surface area contributed by atoms with Crippen LogP contribution in [0.4, 0.5) is 0 Å². The standard InChI is InChI=1S/C10H11IO3/c1-13-8-5-3-4-7(10(8)11)6-9(12)14-2/h3-5H,6H2,1-2H3. The number of benzene rings is 1. The molecule has 0 bridgehead atoms. The smallest absolute Gasteiger partial charge is 0.310 e. The highest BCUT2D eigenvalue weighted by Crippen LogP contribution is 2.24. The molecule has 0 aliphatic heterocycles. The number of methoxy groups -OCH3 is 2. The van der Waals surface area contributed by atoms with Crippen molar-refractivity contribution >= 4 is 28.6 Å². The summed E-state index contributed by atoms with van der Waals surface area (Å²) >= 11 is 2.16. The van der Waals surface area contributed by atoms with Crippen LogP contribution in [-0.2, 0) is 16.0 Å². The molecule has 0 aliphatic carbocycles. The predicted octanol–water partition coefficient (Wildman–Crippen LogP) is 2.02. The van der Waals surface area contributed by atoms with Gasteiger partial charge in [-0.1, -0.05) is 12.1 Å². The molecule has 14 heavy (non-hydrogen) atoms. The number of carbonyl (C=O) groups is 1. The van der Waals surface area contributed by atoms with Gasteiger partial charge in [-0.15, -0.1) is 0 Å². The van der Waals surface area contributed by atoms with E-state index >= 15 is 0 Å². The quantitative estimate of drug-likeness (QED) is 0.633. The number of carbonyl (C=O) groups excluding carboxylic acids is 1. The molecule has 0 heterocycles. The van der Waals surface area contributed by atoms with E-state index in [9.17, 15) is 4.79 Å². The number of hydrogen-bond donors (Lipinski definition) is 0. The molecule has 0 amide bonds. The van der Waals surface area contributed by atoms with Gasteiger partial charge >= 0.3 is 5.97 Å². The summed E-state index contributed by atoms with van der Waals surface area (Å²) in [5.41, 5.74) is 0.928. The van der Waals surface area contributed by atoms with E-state index in [1.165, 1.54) is 7.11 Å². The van der Waals surface area contributed by atoms with E-state index in [0.717, 1.165) is 14.9 Å². The third-order valence-corrected chi connectivity index (χ3v) is 3.05. The van der Waals surface area contributed by atoms with Crippen LogP contribution >= 0.6 is 22.6 Å². The minimum Gasteiger partial charge on any atom is -0.496 e. The highest BCUT2D eigenvalue weighted by Gasteiger charge is 2.09. The Morgan fingerprint density at radius 1 is 1.43 bits per heavy atom. The van der Waals surface area contributed by atoms with Crippen molar-refractivity contribution < 1.29 is 14.3 Å². The number of esters is 1. The van der Waals surface area contributed by atoms with E-state index < -0.39 is 0 Å². The fourth-order valence-corrected chi connectivity index (χ4v) is 1.85. The highest BCUT2D eigenvalue weighted by molar-refractivity contribution is 14.1. The number of rotatable bonds is 3. The Balaban J connectivity index is 2.92. The molecule has 0 aromatic heterocycles. The van der Waals surface area contributed by atoms with Crippen LogP contribution in [0.3, 0.4) is 0 Å². The minimum absolute atomic E-state index is 0.240. The zero-order chi connectivity index (χ0) is 10.6. The molecular formula is C10H11IO3. The summed E-state index contributed by atoms with van der Waals surface area (Å²) in [4.78, 5) is 11.1. The van der Waals surface area contributed by atoms with E-state index in [2.05, 4.69) is 27.3 Å². The van der Waals surface area contributed by atoms with Gasteiger partial charge in [0.25, 0.3) is 0 Å². The molecule has 1 aromatic carbocycles. The van der Waals surface area contributed by atoms with Crippen molar-refractivity contribution in [1.29, 1.82) is 0 Å². The zero-order valence-electron chi connectivity index (χ0n) is 8.04. The molecule has 76 valence electrons. The Hall–Kier alpha value is -0.780. The molecular weight excluding hydrogens is 295 g/mol. The van der Waals surface area contributed by atoms with Crippen LogP contribution in [0.5, 0.6) is 5.75 Å². The minimum atomic E-state index is -0.240. The average Bonchev–Trinajstić information content (AvgIpc) is 2.21. The van der Waals surface area contributed by atoms with E-state index in [0.29, 0.717) is 0 Å². The monoisotopic (exact) mass is 306 g/mol. The second kappa shape index (κ2) is 5.19. The molecule has 0 spiro atoms. The van der Waals surface area contributed by atoms with Gasteiger partial charge in [0.05, 0.1) is 24.2 Å². The molecule has 0 unspecified atom stereocenters. The van der Waals surface area contributed by atoms with Gasteiger partial charge in [0, 0.05) is 0 Å². The lowest BCUT2D eigenvalue weighted by Crippen LogP contribution is -2.06. The topological polar surface area (TPSA) is 35.5 Å². The van der Waals surface area contributed by atoms with Gasteiger partial charge in [-0.25, -0.2) is 0 Å². The molecule has 0 atom stereocenters. The van der Waals surface area contributed by atoms with E-state index in [1.807, 2.05) is 18.2 Å². The average molecular weight is 306 g/mol. The molecule has 0 saturated carbocycles. The second-order valence-electron chi connectivity index (χ2n) is 2.69. The number of hydrogen-bond acceptors (Lipinski definition) is 3. The van der Waals surface area contributed by atoms with Crippen molar-refractivity contribution in [3.8, 4) is 5.75 Å². The van der Waals surface area contributed by atoms with Gasteiger partial charge in [0.1, 0.15) is 5.75 Å². The van der Waals surface area contributed by atoms with E-state index in [1.54, 1.807) is 7.11 Å². The molecule has 3 nitrogen and oxygen atoms in total. The molecule has 1 aromatic rings. The van der Waals surface area contributed by atoms with Gasteiger partial charge in [0.15, 0.2) is 0 Å². The first-order valence-corrected chi connectivity index (χ1v) is 5.15. The maximum absolute atomic E-state index is 11.1. The molecule has 0 radical (unpaired) electrons. The summed E-state index contributed by atoms with van der Waals surface area (Å²) in [6.45, 7) is 0. The van der Waals surface area contributed by atoms with Gasteiger partial charge < -0.3 is 9.47 Å². The maximum Gasteiger partial charge on any atom is 0.310 e. The Kier molecular flexibility index (Phi) is 4.19. The van der Waals surface area contributed by atoms with E-state index in [-0.39, 0.29) is 12.4 Å². The third-order valence-electron chi connectivity index (χ3n) is 1.83. The first kappa shape index (κ1) is 11.3. The molecule has 4 heteroatoms. The summed E-state index contributed by atoms with van der Waals surface area (Å²) in [7, 11) is 2.99. The van der Waals surface area contributed by atoms with Gasteiger partial charge in [-0.05, 0) is 34.2 Å². The lowest BCUT2D eigenvalue weighted by molar-refractivity contribution is -0.139. The van der Waals surface area contributed by atoms with Crippen LogP contribution in [0, 0.1) is 3.57 Å². The SMILES string of the molecule is COC(=O)Cc1cccc(OC)c1I. The van der Waals surface area contributed by atoms with Crippen molar-refractivity contribution in [1.82, 2.24) is 0 Å². The van der Waals surface area contributed by atoms with Gasteiger partial charge in [-0.3, -0.25) is 4.79 Å². The summed E-state index contributed by atoms with van der Waals surface area (Å²) in [6, 6.07) is 5.61. The van der Waals surface area contributed by atoms with Crippen LogP contribution in [0.15, 0.2) is 18.2 Å². The zero-order valence-corrected chi connectivity index (χ0v) is 10.2. The van der Waals surface area contributed by atoms with Crippen molar-refractivity contribution in [3.63, 3.8) is 0 Å². The van der Waals surface area contributed by atoms with Crippen LogP contribution in [0.25, 0.3) is 0 Å². The summed E-state index contributed by atoms with van der Waals surface area (Å²) < 4.78 is 10.7. The lowest BCUT2D eigenvalue weighted by atomic mass is 10.1. The number of halogens is 1. The third kappa shape index (κ3) is 2.60. The Bertz CT molecular complexity index is 336. The maximum atomic E-state index is 11.1. The summed E-state index contributed by atoms with van der Waals surface area (Å²) in [5.74, 6) is 0.545. The molecule has 1 rings (SSSR count). The first-order valence-electron chi connectivity index (χ1n) is 4.07. The Morgan fingerprint density at radius 2 is 2.14 bits per heavy atom. The Morgan fingerprint density at radius 3 is 2.71 bits per heavy atom. The van der Waals surface area contributed by atoms with Gasteiger partial charge in [0.2, 0.25) is 0 Å². The predicted molar refractivity (Wildman–Crippen MR) is 61.4 cm³/mol.